The lowest BCUT2D eigenvalue weighted by molar-refractivity contribution is -0.145. The van der Waals surface area contributed by atoms with Gasteiger partial charge in [-0.1, -0.05) is 44.5 Å². The molecule has 0 aromatic heterocycles. The van der Waals surface area contributed by atoms with Crippen LogP contribution in [0.2, 0.25) is 12.6 Å². The van der Waals surface area contributed by atoms with Gasteiger partial charge in [0.15, 0.2) is 0 Å². The van der Waals surface area contributed by atoms with Crippen molar-refractivity contribution in [1.82, 2.24) is 0 Å². The van der Waals surface area contributed by atoms with Crippen molar-refractivity contribution in [2.45, 2.75) is 55.4 Å². The quantitative estimate of drug-likeness (QED) is 0.104. The Morgan fingerprint density at radius 1 is 1.08 bits per heavy atom. The summed E-state index contributed by atoms with van der Waals surface area (Å²) in [6, 6.07) is 0.742. The van der Waals surface area contributed by atoms with Crippen LogP contribution in [0.15, 0.2) is 12.7 Å². The summed E-state index contributed by atoms with van der Waals surface area (Å²) in [4.78, 5) is 22.2. The van der Waals surface area contributed by atoms with Crippen LogP contribution < -0.4 is 0 Å². The van der Waals surface area contributed by atoms with Crippen molar-refractivity contribution < 1.29 is 19.1 Å². The fourth-order valence-corrected chi connectivity index (χ4v) is 2.82. The third kappa shape index (κ3) is 17.3. The first-order valence-electron chi connectivity index (χ1n) is 7.32. The van der Waals surface area contributed by atoms with Gasteiger partial charge in [-0.25, -0.2) is 0 Å². The van der Waals surface area contributed by atoms with Crippen LogP contribution in [0.5, 0.6) is 0 Å². The van der Waals surface area contributed by atoms with E-state index in [1.807, 2.05) is 6.55 Å². The highest BCUT2D eigenvalue weighted by Gasteiger charge is 2.26. The van der Waals surface area contributed by atoms with Gasteiger partial charge in [0.2, 0.25) is 6.69 Å². The zero-order valence-corrected chi connectivity index (χ0v) is 20.4. The number of hydrogen-bond acceptors (Lipinski definition) is 4. The number of alkyl halides is 2. The molecule has 0 heterocycles. The van der Waals surface area contributed by atoms with Crippen LogP contribution in [0.25, 0.3) is 0 Å². The summed E-state index contributed by atoms with van der Waals surface area (Å²) in [6.07, 6.45) is 2.27. The number of esters is 2. The van der Waals surface area contributed by atoms with Crippen molar-refractivity contribution in [1.29, 1.82) is 0 Å². The number of halogens is 4. The molecular weight excluding hydrogens is 503 g/mol. The molecule has 0 amide bonds. The summed E-state index contributed by atoms with van der Waals surface area (Å²) >= 11 is 18.2. The monoisotopic (exact) mass is 526 g/mol. The molecule has 0 unspecified atom stereocenters. The molecule has 0 bridgehead atoms. The van der Waals surface area contributed by atoms with E-state index in [9.17, 15) is 9.59 Å². The second-order valence-corrected chi connectivity index (χ2v) is 18.3. The number of carbonyl (C=O) groups excluding carboxylic acids is 2. The van der Waals surface area contributed by atoms with E-state index in [1.165, 1.54) is 6.08 Å². The normalized spacial score (nSPS) is 11.9. The minimum absolute atomic E-state index is 0.259. The average molecular weight is 529 g/mol. The lowest BCUT2D eigenvalue weighted by Crippen LogP contribution is -2.27. The lowest BCUT2D eigenvalue weighted by atomic mass is 10.2. The molecule has 0 aromatic carbocycles. The van der Waals surface area contributed by atoms with Crippen LogP contribution in [0.1, 0.15) is 34.1 Å². The maximum absolute atomic E-state index is 11.3. The minimum atomic E-state index is -2.03. The predicted molar refractivity (Wildman–Crippen MR) is 111 cm³/mol. The maximum atomic E-state index is 11.3. The fraction of sp³-hybridized carbons (Fsp3) is 0.733. The van der Waals surface area contributed by atoms with Crippen LogP contribution in [0.4, 0.5) is 0 Å². The van der Waals surface area contributed by atoms with Gasteiger partial charge in [-0.05, 0) is 46.7 Å². The van der Waals surface area contributed by atoms with E-state index in [4.69, 9.17) is 31.6 Å². The number of hydrogen-bond donors (Lipinski definition) is 0. The zero-order chi connectivity index (χ0) is 19.6. The number of rotatable bonds is 8. The molecular formula is C15H26Br2Cl2O4Si. The molecule has 0 atom stereocenters. The zero-order valence-electron chi connectivity index (χ0n) is 14.8. The molecule has 0 aliphatic rings. The van der Waals surface area contributed by atoms with Crippen molar-refractivity contribution >= 4 is 72.6 Å². The van der Waals surface area contributed by atoms with E-state index in [2.05, 4.69) is 38.4 Å². The van der Waals surface area contributed by atoms with Crippen molar-refractivity contribution in [3.8, 4) is 0 Å². The molecule has 0 radical (unpaired) electrons. The van der Waals surface area contributed by atoms with Gasteiger partial charge in [0.05, 0.1) is 6.61 Å². The molecule has 0 N–H and O–H groups in total. The van der Waals surface area contributed by atoms with E-state index in [0.29, 0.717) is 6.61 Å². The topological polar surface area (TPSA) is 52.6 Å². The molecule has 0 fully saturated rings. The smallest absolute Gasteiger partial charge is 0.322 e. The molecule has 9 heteroatoms. The van der Waals surface area contributed by atoms with Crippen LogP contribution >= 0.6 is 54.0 Å². The Bertz CT molecular complexity index is 413. The van der Waals surface area contributed by atoms with Crippen molar-refractivity contribution in [3.05, 3.63) is 12.7 Å². The van der Waals surface area contributed by atoms with Gasteiger partial charge >= 0.3 is 11.9 Å². The summed E-state index contributed by atoms with van der Waals surface area (Å²) in [5.41, 5.74) is 0. The summed E-state index contributed by atoms with van der Waals surface area (Å²) in [7, 11) is 0. The van der Waals surface area contributed by atoms with Gasteiger partial charge in [0, 0.05) is 0 Å². The Hall–Kier alpha value is 0.437. The second-order valence-electron chi connectivity index (χ2n) is 6.14. The molecule has 4 nitrogen and oxygen atoms in total. The molecule has 0 aliphatic heterocycles. The van der Waals surface area contributed by atoms with Crippen molar-refractivity contribution in [2.75, 3.05) is 13.2 Å². The van der Waals surface area contributed by atoms with E-state index >= 15 is 0 Å². The minimum Gasteiger partial charge on any atom is -0.465 e. The molecule has 0 spiro atoms. The van der Waals surface area contributed by atoms with Gasteiger partial charge in [0.25, 0.3) is 0 Å². The van der Waals surface area contributed by atoms with E-state index in [1.54, 1.807) is 27.7 Å². The highest BCUT2D eigenvalue weighted by atomic mass is 79.9. The highest BCUT2D eigenvalue weighted by molar-refractivity contribution is 9.10. The molecule has 24 heavy (non-hydrogen) atoms. The van der Waals surface area contributed by atoms with E-state index in [0.717, 1.165) is 12.5 Å². The maximum Gasteiger partial charge on any atom is 0.322 e. The van der Waals surface area contributed by atoms with Crippen LogP contribution in [0.3, 0.4) is 0 Å². The molecule has 0 saturated heterocycles. The van der Waals surface area contributed by atoms with Gasteiger partial charge in [0.1, 0.15) is 15.3 Å². The van der Waals surface area contributed by atoms with Crippen LogP contribution in [-0.2, 0) is 19.1 Å². The summed E-state index contributed by atoms with van der Waals surface area (Å²) in [5, 5.41) is 0. The van der Waals surface area contributed by atoms with Gasteiger partial charge in [-0.3, -0.25) is 9.59 Å². The molecule has 0 aromatic rings. The highest BCUT2D eigenvalue weighted by Crippen LogP contribution is 2.22. The van der Waals surface area contributed by atoms with Gasteiger partial charge in [-0.15, -0.1) is 22.2 Å². The first-order chi connectivity index (χ1) is 10.6. The Balaban J connectivity index is 0. The van der Waals surface area contributed by atoms with Crippen LogP contribution in [0, 0.1) is 0 Å². The third-order valence-corrected chi connectivity index (χ3v) is 5.31. The van der Waals surface area contributed by atoms with Crippen molar-refractivity contribution in [3.63, 3.8) is 0 Å². The fourth-order valence-electron chi connectivity index (χ4n) is 1.03. The summed E-state index contributed by atoms with van der Waals surface area (Å²) in [5.74, 6) is -0.530. The average Bonchev–Trinajstić information content (AvgIpc) is 2.38. The third-order valence-electron chi connectivity index (χ3n) is 2.30. The van der Waals surface area contributed by atoms with Gasteiger partial charge < -0.3 is 9.47 Å². The molecule has 0 rings (SSSR count). The predicted octanol–water partition coefficient (Wildman–Crippen LogP) is 5.53. The summed E-state index contributed by atoms with van der Waals surface area (Å²) in [6.45, 7) is 10.9. The van der Waals surface area contributed by atoms with Crippen LogP contribution in [-0.4, -0.2) is 40.5 Å². The standard InChI is InChI=1S/C8H15BrCl2O2Si.C7H11BrO2/c1-8(2,9)7(12)13-5-4-6-14(3,10)11;1-4-5-10-6(9)7(2,3)8/h4-6H2,1-3H3;4H,1,5H2,2-3H3. The first kappa shape index (κ1) is 26.7. The van der Waals surface area contributed by atoms with Gasteiger partial charge in [-0.2, -0.15) is 0 Å². The molecule has 142 valence electrons. The molecule has 0 saturated carbocycles. The Morgan fingerprint density at radius 3 is 1.83 bits per heavy atom. The van der Waals surface area contributed by atoms with Crippen molar-refractivity contribution in [2.24, 2.45) is 0 Å². The number of ether oxygens (including phenoxy) is 2. The van der Waals surface area contributed by atoms with E-state index in [-0.39, 0.29) is 18.5 Å². The Morgan fingerprint density at radius 2 is 1.50 bits per heavy atom. The SMILES string of the molecule is C=CCOC(=O)C(C)(C)Br.CC(C)(Br)C(=O)OCCC[Si](C)(Cl)Cl. The first-order valence-corrected chi connectivity index (χ1v) is 13.6. The largest absolute Gasteiger partial charge is 0.465 e. The second kappa shape index (κ2) is 11.9. The number of carbonyl (C=O) groups is 2. The lowest BCUT2D eigenvalue weighted by Gasteiger charge is -2.15. The Labute approximate surface area is 172 Å². The van der Waals surface area contributed by atoms with E-state index < -0.39 is 15.3 Å². The Kier molecular flexibility index (Phi) is 13.3. The summed E-state index contributed by atoms with van der Waals surface area (Å²) < 4.78 is 8.57. The molecule has 0 aliphatic carbocycles.